The number of hydrogen-bond donors (Lipinski definition) is 3. The fraction of sp³-hybridized carbons (Fsp3) is 0.368. The lowest BCUT2D eigenvalue weighted by Gasteiger charge is -2.15. The Morgan fingerprint density at radius 3 is 2.43 bits per heavy atom. The van der Waals surface area contributed by atoms with E-state index in [2.05, 4.69) is 25.9 Å². The highest BCUT2D eigenvalue weighted by Gasteiger charge is 2.33. The molecule has 0 aliphatic carbocycles. The van der Waals surface area contributed by atoms with E-state index >= 15 is 0 Å². The van der Waals surface area contributed by atoms with E-state index in [9.17, 15) is 13.2 Å². The Balaban J connectivity index is 1.73. The molecule has 2 aromatic rings. The minimum Gasteiger partial charge on any atom is -0.497 e. The molecule has 1 heterocycles. The molecule has 0 unspecified atom stereocenters. The molecular formula is C19H24F3N5O. The van der Waals surface area contributed by atoms with E-state index in [1.807, 2.05) is 24.3 Å². The predicted molar refractivity (Wildman–Crippen MR) is 104 cm³/mol. The highest BCUT2D eigenvalue weighted by atomic mass is 19.4. The molecule has 0 saturated carbocycles. The molecule has 1 aromatic carbocycles. The molecule has 1 aromatic heterocycles. The van der Waals surface area contributed by atoms with Gasteiger partial charge in [0.25, 0.3) is 0 Å². The van der Waals surface area contributed by atoms with Crippen LogP contribution in [0.15, 0.2) is 47.6 Å². The molecule has 0 bridgehead atoms. The monoisotopic (exact) mass is 395 g/mol. The van der Waals surface area contributed by atoms with Crippen LogP contribution in [-0.4, -0.2) is 44.7 Å². The van der Waals surface area contributed by atoms with Gasteiger partial charge in [-0.2, -0.15) is 13.2 Å². The van der Waals surface area contributed by atoms with Gasteiger partial charge in [0, 0.05) is 32.9 Å². The summed E-state index contributed by atoms with van der Waals surface area (Å²) in [5.41, 5.74) is 0.372. The van der Waals surface area contributed by atoms with E-state index in [-0.39, 0.29) is 12.4 Å². The fourth-order valence-corrected chi connectivity index (χ4v) is 2.47. The van der Waals surface area contributed by atoms with Crippen LogP contribution >= 0.6 is 0 Å². The maximum atomic E-state index is 12.9. The summed E-state index contributed by atoms with van der Waals surface area (Å²) in [5, 5.41) is 8.92. The Kier molecular flexibility index (Phi) is 7.91. The molecule has 2 rings (SSSR count). The number of rotatable bonds is 8. The molecule has 9 heteroatoms. The number of nitrogens with one attached hydrogen (secondary N) is 3. The smallest absolute Gasteiger partial charge is 0.419 e. The Morgan fingerprint density at radius 2 is 1.79 bits per heavy atom. The van der Waals surface area contributed by atoms with Crippen LogP contribution in [0.4, 0.5) is 19.0 Å². The highest BCUT2D eigenvalue weighted by Crippen LogP contribution is 2.33. The molecule has 28 heavy (non-hydrogen) atoms. The fourth-order valence-electron chi connectivity index (χ4n) is 2.47. The lowest BCUT2D eigenvalue weighted by Crippen LogP contribution is -2.40. The van der Waals surface area contributed by atoms with Crippen LogP contribution in [0.3, 0.4) is 0 Å². The van der Waals surface area contributed by atoms with Gasteiger partial charge in [0.2, 0.25) is 0 Å². The van der Waals surface area contributed by atoms with Crippen molar-refractivity contribution in [3.63, 3.8) is 0 Å². The first kappa shape index (κ1) is 21.3. The van der Waals surface area contributed by atoms with Gasteiger partial charge < -0.3 is 20.7 Å². The topological polar surface area (TPSA) is 70.6 Å². The third-order valence-corrected chi connectivity index (χ3v) is 3.91. The van der Waals surface area contributed by atoms with Crippen molar-refractivity contribution in [3.05, 3.63) is 53.7 Å². The van der Waals surface area contributed by atoms with Gasteiger partial charge in [-0.3, -0.25) is 4.99 Å². The van der Waals surface area contributed by atoms with Gasteiger partial charge in [0.1, 0.15) is 11.6 Å². The van der Waals surface area contributed by atoms with Crippen LogP contribution in [0.2, 0.25) is 0 Å². The van der Waals surface area contributed by atoms with Crippen molar-refractivity contribution in [3.8, 4) is 5.75 Å². The van der Waals surface area contributed by atoms with Crippen molar-refractivity contribution in [2.45, 2.75) is 12.6 Å². The maximum Gasteiger partial charge on any atom is 0.419 e. The number of alkyl halides is 3. The first-order valence-electron chi connectivity index (χ1n) is 8.77. The summed E-state index contributed by atoms with van der Waals surface area (Å²) >= 11 is 0. The second-order valence-electron chi connectivity index (χ2n) is 5.85. The molecule has 152 valence electrons. The van der Waals surface area contributed by atoms with Crippen LogP contribution in [0.1, 0.15) is 11.1 Å². The summed E-state index contributed by atoms with van der Waals surface area (Å²) in [7, 11) is 3.26. The molecule has 0 saturated heterocycles. The van der Waals surface area contributed by atoms with E-state index < -0.39 is 11.7 Å². The highest BCUT2D eigenvalue weighted by molar-refractivity contribution is 5.79. The predicted octanol–water partition coefficient (Wildman–Crippen LogP) is 2.93. The summed E-state index contributed by atoms with van der Waals surface area (Å²) < 4.78 is 43.9. The van der Waals surface area contributed by atoms with Crippen LogP contribution < -0.4 is 20.7 Å². The normalized spacial score (nSPS) is 11.8. The number of aliphatic imine (C=N–C) groups is 1. The van der Waals surface area contributed by atoms with Gasteiger partial charge in [-0.1, -0.05) is 12.1 Å². The summed E-state index contributed by atoms with van der Waals surface area (Å²) in [6.07, 6.45) is -2.32. The summed E-state index contributed by atoms with van der Waals surface area (Å²) in [5.74, 6) is 1.20. The molecule has 0 fully saturated rings. The van der Waals surface area contributed by atoms with Gasteiger partial charge >= 0.3 is 6.18 Å². The van der Waals surface area contributed by atoms with Gasteiger partial charge in [-0.05, 0) is 36.2 Å². The van der Waals surface area contributed by atoms with Crippen LogP contribution in [0, 0.1) is 0 Å². The largest absolute Gasteiger partial charge is 0.497 e. The summed E-state index contributed by atoms with van der Waals surface area (Å²) in [6, 6.07) is 10.1. The van der Waals surface area contributed by atoms with Crippen molar-refractivity contribution in [1.29, 1.82) is 0 Å². The molecule has 6 nitrogen and oxygen atoms in total. The lowest BCUT2D eigenvalue weighted by atomic mass is 10.1. The molecule has 0 spiro atoms. The van der Waals surface area contributed by atoms with Gasteiger partial charge in [0.05, 0.1) is 12.7 Å². The van der Waals surface area contributed by atoms with Gasteiger partial charge in [-0.25, -0.2) is 4.98 Å². The Bertz CT molecular complexity index is 763. The average molecular weight is 395 g/mol. The zero-order valence-electron chi connectivity index (χ0n) is 15.8. The van der Waals surface area contributed by atoms with Crippen molar-refractivity contribution in [2.75, 3.05) is 39.1 Å². The summed E-state index contributed by atoms with van der Waals surface area (Å²) in [6.45, 7) is 1.31. The number of methoxy groups -OCH3 is 1. The van der Waals surface area contributed by atoms with Gasteiger partial charge in [0.15, 0.2) is 5.96 Å². The number of nitrogens with zero attached hydrogens (tertiary/aromatic N) is 2. The van der Waals surface area contributed by atoms with Crippen molar-refractivity contribution in [1.82, 2.24) is 15.6 Å². The maximum absolute atomic E-state index is 12.9. The molecule has 0 amide bonds. The number of hydrogen-bond acceptors (Lipinski definition) is 4. The van der Waals surface area contributed by atoms with E-state index in [0.717, 1.165) is 23.8 Å². The second-order valence-corrected chi connectivity index (χ2v) is 5.85. The van der Waals surface area contributed by atoms with E-state index in [1.54, 1.807) is 14.2 Å². The minimum absolute atomic E-state index is 0.181. The van der Waals surface area contributed by atoms with E-state index in [1.165, 1.54) is 12.3 Å². The Labute approximate surface area is 162 Å². The number of benzene rings is 1. The third kappa shape index (κ3) is 6.64. The number of halogens is 3. The lowest BCUT2D eigenvalue weighted by molar-refractivity contribution is -0.137. The minimum atomic E-state index is -4.44. The van der Waals surface area contributed by atoms with Crippen LogP contribution in [0.25, 0.3) is 0 Å². The van der Waals surface area contributed by atoms with Crippen molar-refractivity contribution < 1.29 is 17.9 Å². The number of aromatic nitrogens is 1. The Hall–Kier alpha value is -2.97. The molecular weight excluding hydrogens is 371 g/mol. The zero-order chi connectivity index (χ0) is 20.4. The standard InChI is InChI=1S/C19H24F3N5O/c1-23-18(26-11-9-14-5-7-15(28-2)8-6-14)27-13-12-25-17-16(19(20,21)22)4-3-10-24-17/h3-8,10H,9,11-13H2,1-2H3,(H,24,25)(H2,23,26,27). The van der Waals surface area contributed by atoms with Crippen LogP contribution in [-0.2, 0) is 12.6 Å². The molecule has 3 N–H and O–H groups in total. The Morgan fingerprint density at radius 1 is 1.07 bits per heavy atom. The molecule has 0 radical (unpaired) electrons. The quantitative estimate of drug-likeness (QED) is 0.364. The zero-order valence-corrected chi connectivity index (χ0v) is 15.8. The number of guanidine groups is 1. The van der Waals surface area contributed by atoms with E-state index in [0.29, 0.717) is 19.0 Å². The number of ether oxygens (including phenoxy) is 1. The number of pyridine rings is 1. The molecule has 0 atom stereocenters. The SMILES string of the molecule is CN=C(NCCNc1ncccc1C(F)(F)F)NCCc1ccc(OC)cc1. The summed E-state index contributed by atoms with van der Waals surface area (Å²) in [4.78, 5) is 7.86. The average Bonchev–Trinajstić information content (AvgIpc) is 2.69. The van der Waals surface area contributed by atoms with Crippen molar-refractivity contribution >= 4 is 11.8 Å². The molecule has 0 aliphatic rings. The molecule has 0 aliphatic heterocycles. The second kappa shape index (κ2) is 10.4. The third-order valence-electron chi connectivity index (χ3n) is 3.91. The first-order valence-corrected chi connectivity index (χ1v) is 8.77. The first-order chi connectivity index (χ1) is 13.4. The van der Waals surface area contributed by atoms with Gasteiger partial charge in [-0.15, -0.1) is 0 Å². The number of anilines is 1. The van der Waals surface area contributed by atoms with Crippen molar-refractivity contribution in [2.24, 2.45) is 4.99 Å². The van der Waals surface area contributed by atoms with Crippen LogP contribution in [0.5, 0.6) is 5.75 Å². The van der Waals surface area contributed by atoms with E-state index in [4.69, 9.17) is 4.74 Å².